The zero-order valence-electron chi connectivity index (χ0n) is 12.5. The molecule has 0 spiro atoms. The molecule has 0 bridgehead atoms. The van der Waals surface area contributed by atoms with Crippen LogP contribution in [0.2, 0.25) is 5.02 Å². The Hall–Kier alpha value is -2.33. The number of halogens is 1. The van der Waals surface area contributed by atoms with E-state index in [1.807, 2.05) is 44.2 Å². The van der Waals surface area contributed by atoms with Crippen molar-refractivity contribution in [2.75, 3.05) is 6.61 Å². The summed E-state index contributed by atoms with van der Waals surface area (Å²) in [6.45, 7) is 3.94. The van der Waals surface area contributed by atoms with Crippen molar-refractivity contribution in [2.45, 2.75) is 13.8 Å². The number of ether oxygens (including phenoxy) is 1. The number of hydrogen-bond acceptors (Lipinski definition) is 3. The Labute approximate surface area is 134 Å². The van der Waals surface area contributed by atoms with Crippen LogP contribution < -0.4 is 10.2 Å². The van der Waals surface area contributed by atoms with E-state index in [9.17, 15) is 4.79 Å². The van der Waals surface area contributed by atoms with Crippen LogP contribution in [0.3, 0.4) is 0 Å². The fraction of sp³-hybridized carbons (Fsp3) is 0.176. The zero-order valence-corrected chi connectivity index (χ0v) is 13.2. The number of hydrazone groups is 1. The lowest BCUT2D eigenvalue weighted by molar-refractivity contribution is -0.123. The minimum atomic E-state index is -0.316. The Balaban J connectivity index is 1.80. The van der Waals surface area contributed by atoms with Crippen LogP contribution in [0, 0.1) is 13.8 Å². The summed E-state index contributed by atoms with van der Waals surface area (Å²) in [5.74, 6) is 0.350. The van der Waals surface area contributed by atoms with Gasteiger partial charge < -0.3 is 4.74 Å². The first-order valence-electron chi connectivity index (χ1n) is 6.82. The number of nitrogens with one attached hydrogen (secondary N) is 1. The van der Waals surface area contributed by atoms with Crippen LogP contribution in [0.15, 0.2) is 47.6 Å². The number of carbonyl (C=O) groups is 1. The SMILES string of the molecule is Cc1ccc(OCC(=O)N/N=C\c2ccc(Cl)cc2)cc1C. The van der Waals surface area contributed by atoms with Crippen molar-refractivity contribution in [2.24, 2.45) is 5.10 Å². The first kappa shape index (κ1) is 16.0. The van der Waals surface area contributed by atoms with Gasteiger partial charge in [0.05, 0.1) is 6.21 Å². The average molecular weight is 317 g/mol. The molecule has 0 unspecified atom stereocenters. The van der Waals surface area contributed by atoms with Crippen molar-refractivity contribution in [1.82, 2.24) is 5.43 Å². The Morgan fingerprint density at radius 3 is 2.59 bits per heavy atom. The largest absolute Gasteiger partial charge is 0.484 e. The summed E-state index contributed by atoms with van der Waals surface area (Å²) >= 11 is 5.79. The molecule has 0 saturated carbocycles. The molecule has 22 heavy (non-hydrogen) atoms. The van der Waals surface area contributed by atoms with Gasteiger partial charge in [-0.25, -0.2) is 5.43 Å². The third-order valence-corrected chi connectivity index (χ3v) is 3.37. The molecule has 0 aliphatic rings. The molecule has 114 valence electrons. The highest BCUT2D eigenvalue weighted by Crippen LogP contribution is 2.16. The van der Waals surface area contributed by atoms with Gasteiger partial charge in [0.2, 0.25) is 0 Å². The summed E-state index contributed by atoms with van der Waals surface area (Å²) in [6, 6.07) is 12.8. The number of hydrogen-bond donors (Lipinski definition) is 1. The van der Waals surface area contributed by atoms with E-state index in [1.165, 1.54) is 5.56 Å². The van der Waals surface area contributed by atoms with E-state index < -0.39 is 0 Å². The van der Waals surface area contributed by atoms with Gasteiger partial charge in [0.1, 0.15) is 5.75 Å². The van der Waals surface area contributed by atoms with E-state index in [4.69, 9.17) is 16.3 Å². The van der Waals surface area contributed by atoms with E-state index in [0.29, 0.717) is 10.8 Å². The molecule has 0 heterocycles. The van der Waals surface area contributed by atoms with Gasteiger partial charge in [0, 0.05) is 5.02 Å². The molecule has 1 amide bonds. The normalized spacial score (nSPS) is 10.7. The molecule has 0 saturated heterocycles. The van der Waals surface area contributed by atoms with Gasteiger partial charge in [-0.2, -0.15) is 5.10 Å². The van der Waals surface area contributed by atoms with Crippen LogP contribution in [0.25, 0.3) is 0 Å². The highest BCUT2D eigenvalue weighted by atomic mass is 35.5. The summed E-state index contributed by atoms with van der Waals surface area (Å²) in [6.07, 6.45) is 1.55. The van der Waals surface area contributed by atoms with Gasteiger partial charge in [0.15, 0.2) is 6.61 Å². The van der Waals surface area contributed by atoms with E-state index >= 15 is 0 Å². The van der Waals surface area contributed by atoms with Gasteiger partial charge in [0.25, 0.3) is 5.91 Å². The summed E-state index contributed by atoms with van der Waals surface area (Å²) in [5.41, 5.74) is 5.57. The van der Waals surface area contributed by atoms with Crippen LogP contribution in [0.5, 0.6) is 5.75 Å². The maximum absolute atomic E-state index is 11.6. The van der Waals surface area contributed by atoms with E-state index in [1.54, 1.807) is 18.3 Å². The number of aryl methyl sites for hydroxylation is 2. The van der Waals surface area contributed by atoms with Crippen LogP contribution in [-0.4, -0.2) is 18.7 Å². The van der Waals surface area contributed by atoms with Gasteiger partial charge in [-0.15, -0.1) is 0 Å². The van der Waals surface area contributed by atoms with Crippen LogP contribution >= 0.6 is 11.6 Å². The molecule has 1 N–H and O–H groups in total. The maximum atomic E-state index is 11.6. The molecule has 0 aliphatic heterocycles. The number of benzene rings is 2. The Kier molecular flexibility index (Phi) is 5.55. The molecular formula is C17H17ClN2O2. The predicted molar refractivity (Wildman–Crippen MR) is 88.6 cm³/mol. The summed E-state index contributed by atoms with van der Waals surface area (Å²) in [7, 11) is 0. The first-order chi connectivity index (χ1) is 10.5. The van der Waals surface area contributed by atoms with E-state index in [0.717, 1.165) is 11.1 Å². The van der Waals surface area contributed by atoms with Gasteiger partial charge in [-0.05, 0) is 54.8 Å². The Bertz CT molecular complexity index is 682. The van der Waals surface area contributed by atoms with Crippen molar-refractivity contribution < 1.29 is 9.53 Å². The lowest BCUT2D eigenvalue weighted by atomic mass is 10.1. The topological polar surface area (TPSA) is 50.7 Å². The number of rotatable bonds is 5. The molecule has 2 aromatic rings. The molecule has 0 radical (unpaired) electrons. The second kappa shape index (κ2) is 7.61. The Morgan fingerprint density at radius 2 is 1.91 bits per heavy atom. The van der Waals surface area contributed by atoms with Crippen LogP contribution in [0.4, 0.5) is 0 Å². The van der Waals surface area contributed by atoms with Crippen LogP contribution in [0.1, 0.15) is 16.7 Å². The predicted octanol–water partition coefficient (Wildman–Crippen LogP) is 3.49. The molecular weight excluding hydrogens is 300 g/mol. The molecule has 0 atom stereocenters. The highest BCUT2D eigenvalue weighted by molar-refractivity contribution is 6.30. The third kappa shape index (κ3) is 4.90. The molecule has 4 nitrogen and oxygen atoms in total. The fourth-order valence-corrected chi connectivity index (χ4v) is 1.84. The second-order valence-electron chi connectivity index (χ2n) is 4.88. The summed E-state index contributed by atoms with van der Waals surface area (Å²) in [4.78, 5) is 11.6. The first-order valence-corrected chi connectivity index (χ1v) is 7.20. The molecule has 2 rings (SSSR count). The van der Waals surface area contributed by atoms with E-state index in [2.05, 4.69) is 10.5 Å². The van der Waals surface area contributed by atoms with Crippen molar-refractivity contribution in [1.29, 1.82) is 0 Å². The minimum absolute atomic E-state index is 0.0829. The Morgan fingerprint density at radius 1 is 1.18 bits per heavy atom. The molecule has 5 heteroatoms. The van der Waals surface area contributed by atoms with Gasteiger partial charge in [-0.3, -0.25) is 4.79 Å². The number of carbonyl (C=O) groups excluding carboxylic acids is 1. The zero-order chi connectivity index (χ0) is 15.9. The van der Waals surface area contributed by atoms with Crippen molar-refractivity contribution in [3.8, 4) is 5.75 Å². The second-order valence-corrected chi connectivity index (χ2v) is 5.32. The lowest BCUT2D eigenvalue weighted by Gasteiger charge is -2.07. The smallest absolute Gasteiger partial charge is 0.277 e. The van der Waals surface area contributed by atoms with E-state index in [-0.39, 0.29) is 12.5 Å². The van der Waals surface area contributed by atoms with Crippen molar-refractivity contribution >= 4 is 23.7 Å². The molecule has 0 aliphatic carbocycles. The minimum Gasteiger partial charge on any atom is -0.484 e. The quantitative estimate of drug-likeness (QED) is 0.678. The van der Waals surface area contributed by atoms with Gasteiger partial charge >= 0.3 is 0 Å². The summed E-state index contributed by atoms with van der Waals surface area (Å²) in [5, 5.41) is 4.52. The highest BCUT2D eigenvalue weighted by Gasteiger charge is 2.02. The average Bonchev–Trinajstić information content (AvgIpc) is 2.50. The summed E-state index contributed by atoms with van der Waals surface area (Å²) < 4.78 is 5.42. The molecule has 0 fully saturated rings. The van der Waals surface area contributed by atoms with Crippen molar-refractivity contribution in [3.05, 3.63) is 64.2 Å². The van der Waals surface area contributed by atoms with Crippen LogP contribution in [-0.2, 0) is 4.79 Å². The van der Waals surface area contributed by atoms with Gasteiger partial charge in [-0.1, -0.05) is 29.8 Å². The fourth-order valence-electron chi connectivity index (χ4n) is 1.71. The monoisotopic (exact) mass is 316 g/mol. The number of amides is 1. The lowest BCUT2D eigenvalue weighted by Crippen LogP contribution is -2.24. The molecule has 2 aromatic carbocycles. The molecule has 0 aromatic heterocycles. The standard InChI is InChI=1S/C17H17ClN2O2/c1-12-3-8-16(9-13(12)2)22-11-17(21)20-19-10-14-4-6-15(18)7-5-14/h3-10H,11H2,1-2H3,(H,20,21)/b19-10-. The number of nitrogens with zero attached hydrogens (tertiary/aromatic N) is 1. The van der Waals surface area contributed by atoms with Crippen molar-refractivity contribution in [3.63, 3.8) is 0 Å². The third-order valence-electron chi connectivity index (χ3n) is 3.12. The maximum Gasteiger partial charge on any atom is 0.277 e.